The van der Waals surface area contributed by atoms with Crippen LogP contribution in [0.15, 0.2) is 65.4 Å². The third-order valence-corrected chi connectivity index (χ3v) is 3.78. The van der Waals surface area contributed by atoms with Gasteiger partial charge in [0.05, 0.1) is 5.69 Å². The molecule has 0 saturated carbocycles. The maximum Gasteiger partial charge on any atom is 0.174 e. The first kappa shape index (κ1) is 15.3. The number of ether oxygens (including phenoxy) is 1. The Balaban J connectivity index is 1.41. The second kappa shape index (κ2) is 6.74. The van der Waals surface area contributed by atoms with E-state index in [0.717, 1.165) is 16.9 Å². The smallest absolute Gasteiger partial charge is 0.174 e. The summed E-state index contributed by atoms with van der Waals surface area (Å²) in [5.74, 6) is 1.34. The van der Waals surface area contributed by atoms with Gasteiger partial charge in [0.1, 0.15) is 24.4 Å². The fourth-order valence-corrected chi connectivity index (χ4v) is 2.39. The van der Waals surface area contributed by atoms with Crippen molar-refractivity contribution in [2.24, 2.45) is 0 Å². The first-order valence-electron chi connectivity index (χ1n) is 7.46. The molecule has 0 spiro atoms. The lowest BCUT2D eigenvalue weighted by Crippen LogP contribution is -1.96. The van der Waals surface area contributed by atoms with Crippen LogP contribution in [0.5, 0.6) is 5.75 Å². The molecule has 0 radical (unpaired) electrons. The zero-order valence-corrected chi connectivity index (χ0v) is 13.7. The van der Waals surface area contributed by atoms with Crippen molar-refractivity contribution in [1.29, 1.82) is 0 Å². The summed E-state index contributed by atoms with van der Waals surface area (Å²) in [6.45, 7) is 0.283. The summed E-state index contributed by atoms with van der Waals surface area (Å²) in [4.78, 5) is 0. The van der Waals surface area contributed by atoms with Gasteiger partial charge in [0.15, 0.2) is 5.76 Å². The van der Waals surface area contributed by atoms with Crippen LogP contribution in [-0.2, 0) is 6.61 Å². The lowest BCUT2D eigenvalue weighted by atomic mass is 10.1. The molecule has 0 fully saturated rings. The Morgan fingerprint density at radius 2 is 1.84 bits per heavy atom. The fourth-order valence-electron chi connectivity index (χ4n) is 2.27. The summed E-state index contributed by atoms with van der Waals surface area (Å²) in [6.07, 6.45) is 1.53. The molecule has 7 nitrogen and oxygen atoms in total. The molecule has 0 N–H and O–H groups in total. The molecule has 0 bridgehead atoms. The molecule has 0 aliphatic carbocycles. The second-order valence-electron chi connectivity index (χ2n) is 5.22. The van der Waals surface area contributed by atoms with E-state index in [4.69, 9.17) is 20.9 Å². The van der Waals surface area contributed by atoms with Crippen molar-refractivity contribution in [3.05, 3.63) is 71.7 Å². The van der Waals surface area contributed by atoms with Gasteiger partial charge in [-0.05, 0) is 46.8 Å². The van der Waals surface area contributed by atoms with E-state index >= 15 is 0 Å². The van der Waals surface area contributed by atoms with Gasteiger partial charge in [-0.3, -0.25) is 0 Å². The molecule has 0 atom stereocenters. The van der Waals surface area contributed by atoms with Gasteiger partial charge < -0.3 is 9.26 Å². The molecule has 2 aromatic heterocycles. The summed E-state index contributed by atoms with van der Waals surface area (Å²) < 4.78 is 12.6. The van der Waals surface area contributed by atoms with Crippen molar-refractivity contribution in [3.8, 4) is 22.7 Å². The van der Waals surface area contributed by atoms with Gasteiger partial charge >= 0.3 is 0 Å². The molecule has 4 aromatic rings. The molecule has 0 saturated heterocycles. The largest absolute Gasteiger partial charge is 0.486 e. The number of nitrogens with zero attached hydrogens (tertiary/aromatic N) is 5. The van der Waals surface area contributed by atoms with Gasteiger partial charge in [-0.15, -0.1) is 5.10 Å². The van der Waals surface area contributed by atoms with Crippen LogP contribution in [0.1, 0.15) is 5.76 Å². The van der Waals surface area contributed by atoms with Gasteiger partial charge in [0, 0.05) is 16.7 Å². The minimum Gasteiger partial charge on any atom is -0.486 e. The molecular formula is C17H12ClN5O2. The summed E-state index contributed by atoms with van der Waals surface area (Å²) in [5, 5.41) is 15.8. The van der Waals surface area contributed by atoms with Crippen molar-refractivity contribution in [2.75, 3.05) is 0 Å². The van der Waals surface area contributed by atoms with Crippen molar-refractivity contribution in [2.45, 2.75) is 6.61 Å². The minimum atomic E-state index is 0.283. The fraction of sp³-hybridized carbons (Fsp3) is 0.0588. The number of rotatable bonds is 5. The highest BCUT2D eigenvalue weighted by Gasteiger charge is 2.07. The Hall–Kier alpha value is -3.19. The lowest BCUT2D eigenvalue weighted by Gasteiger charge is -2.04. The molecule has 8 heteroatoms. The van der Waals surface area contributed by atoms with Crippen LogP contribution < -0.4 is 4.74 Å². The Labute approximate surface area is 147 Å². The van der Waals surface area contributed by atoms with Crippen LogP contribution in [0.4, 0.5) is 0 Å². The molecule has 0 unspecified atom stereocenters. The molecule has 0 amide bonds. The summed E-state index contributed by atoms with van der Waals surface area (Å²) >= 11 is 5.89. The molecule has 0 aliphatic heterocycles. The zero-order chi connectivity index (χ0) is 17.1. The lowest BCUT2D eigenvalue weighted by molar-refractivity contribution is 0.249. The van der Waals surface area contributed by atoms with E-state index in [0.29, 0.717) is 16.5 Å². The number of tetrazole rings is 1. The number of aromatic nitrogens is 5. The van der Waals surface area contributed by atoms with Crippen molar-refractivity contribution in [1.82, 2.24) is 25.4 Å². The van der Waals surface area contributed by atoms with Crippen molar-refractivity contribution < 1.29 is 9.26 Å². The van der Waals surface area contributed by atoms with E-state index < -0.39 is 0 Å². The summed E-state index contributed by atoms with van der Waals surface area (Å²) in [5.41, 5.74) is 2.52. The first-order valence-corrected chi connectivity index (χ1v) is 7.83. The van der Waals surface area contributed by atoms with Crippen LogP contribution in [0.25, 0.3) is 16.9 Å². The summed E-state index contributed by atoms with van der Waals surface area (Å²) in [7, 11) is 0. The molecule has 2 aromatic carbocycles. The number of benzene rings is 2. The van der Waals surface area contributed by atoms with Gasteiger partial charge in [0.2, 0.25) is 0 Å². The van der Waals surface area contributed by atoms with Crippen LogP contribution >= 0.6 is 11.6 Å². The normalized spacial score (nSPS) is 10.8. The highest BCUT2D eigenvalue weighted by Crippen LogP contribution is 2.22. The molecule has 2 heterocycles. The van der Waals surface area contributed by atoms with E-state index in [1.165, 1.54) is 6.33 Å². The second-order valence-corrected chi connectivity index (χ2v) is 5.66. The van der Waals surface area contributed by atoms with E-state index in [2.05, 4.69) is 20.7 Å². The Kier molecular flexibility index (Phi) is 4.14. The monoisotopic (exact) mass is 353 g/mol. The molecule has 25 heavy (non-hydrogen) atoms. The standard InChI is InChI=1S/C17H12ClN5O2/c18-13-3-1-12(2-4-13)17-9-16(25-20-17)10-24-15-7-5-14(6-8-15)23-11-19-21-22-23/h1-9,11H,10H2. The molecule has 4 rings (SSSR count). The first-order chi connectivity index (χ1) is 12.3. The van der Waals surface area contributed by atoms with Crippen LogP contribution in [0.3, 0.4) is 0 Å². The minimum absolute atomic E-state index is 0.283. The highest BCUT2D eigenvalue weighted by atomic mass is 35.5. The van der Waals surface area contributed by atoms with Crippen LogP contribution in [0, 0.1) is 0 Å². The van der Waals surface area contributed by atoms with Crippen molar-refractivity contribution in [3.63, 3.8) is 0 Å². The van der Waals surface area contributed by atoms with Gasteiger partial charge in [0.25, 0.3) is 0 Å². The van der Waals surface area contributed by atoms with Crippen LogP contribution in [0.2, 0.25) is 5.02 Å². The highest BCUT2D eigenvalue weighted by molar-refractivity contribution is 6.30. The Morgan fingerprint density at radius 3 is 2.56 bits per heavy atom. The predicted molar refractivity (Wildman–Crippen MR) is 90.4 cm³/mol. The predicted octanol–water partition coefficient (Wildman–Crippen LogP) is 3.55. The third kappa shape index (κ3) is 3.51. The van der Waals surface area contributed by atoms with E-state index in [1.807, 2.05) is 54.6 Å². The molecular weight excluding hydrogens is 342 g/mol. The van der Waals surface area contributed by atoms with E-state index in [1.54, 1.807) is 4.68 Å². The average Bonchev–Trinajstić information content (AvgIpc) is 3.33. The number of hydrogen-bond acceptors (Lipinski definition) is 6. The van der Waals surface area contributed by atoms with Gasteiger partial charge in [-0.1, -0.05) is 28.9 Å². The van der Waals surface area contributed by atoms with Crippen molar-refractivity contribution >= 4 is 11.6 Å². The topological polar surface area (TPSA) is 78.9 Å². The number of halogens is 1. The van der Waals surface area contributed by atoms with E-state index in [9.17, 15) is 0 Å². The average molecular weight is 354 g/mol. The van der Waals surface area contributed by atoms with Gasteiger partial charge in [-0.2, -0.15) is 0 Å². The Bertz CT molecular complexity index is 950. The number of hydrogen-bond donors (Lipinski definition) is 0. The SMILES string of the molecule is Clc1ccc(-c2cc(COc3ccc(-n4cnnn4)cc3)on2)cc1. The quantitative estimate of drug-likeness (QED) is 0.546. The van der Waals surface area contributed by atoms with Gasteiger partial charge in [-0.25, -0.2) is 4.68 Å². The zero-order valence-electron chi connectivity index (χ0n) is 12.9. The molecule has 0 aliphatic rings. The third-order valence-electron chi connectivity index (χ3n) is 3.53. The maximum absolute atomic E-state index is 5.89. The maximum atomic E-state index is 5.89. The molecule has 124 valence electrons. The van der Waals surface area contributed by atoms with E-state index in [-0.39, 0.29) is 6.61 Å². The van der Waals surface area contributed by atoms with Crippen LogP contribution in [-0.4, -0.2) is 25.4 Å². The summed E-state index contributed by atoms with van der Waals surface area (Å²) in [6, 6.07) is 16.7. The Morgan fingerprint density at radius 1 is 1.04 bits per heavy atom.